The summed E-state index contributed by atoms with van der Waals surface area (Å²) >= 11 is 0. The molecule has 0 radical (unpaired) electrons. The quantitative estimate of drug-likeness (QED) is 0.897. The molecule has 1 aliphatic carbocycles. The molecule has 0 saturated heterocycles. The summed E-state index contributed by atoms with van der Waals surface area (Å²) in [5.41, 5.74) is 3.20. The van der Waals surface area contributed by atoms with Crippen molar-refractivity contribution in [2.45, 2.75) is 32.7 Å². The number of amides is 1. The van der Waals surface area contributed by atoms with Crippen LogP contribution >= 0.6 is 0 Å². The molecule has 0 unspecified atom stereocenters. The van der Waals surface area contributed by atoms with Crippen LogP contribution in [0.3, 0.4) is 0 Å². The first-order valence-corrected chi connectivity index (χ1v) is 7.46. The largest absolute Gasteiger partial charge is 0.481 e. The summed E-state index contributed by atoms with van der Waals surface area (Å²) in [6, 6.07) is 3.71. The molecular formula is C16H20N4O2. The van der Waals surface area contributed by atoms with Crippen LogP contribution in [0, 0.1) is 12.8 Å². The maximum absolute atomic E-state index is 12.4. The Kier molecular flexibility index (Phi) is 4.09. The summed E-state index contributed by atoms with van der Waals surface area (Å²) < 4.78 is 5.08. The number of nitrogens with zero attached hydrogens (tertiary/aromatic N) is 2. The van der Waals surface area contributed by atoms with Crippen LogP contribution in [-0.4, -0.2) is 28.0 Å². The van der Waals surface area contributed by atoms with Crippen molar-refractivity contribution in [3.63, 3.8) is 0 Å². The van der Waals surface area contributed by atoms with Crippen molar-refractivity contribution in [3.8, 4) is 5.88 Å². The zero-order valence-electron chi connectivity index (χ0n) is 12.8. The highest BCUT2D eigenvalue weighted by molar-refractivity contribution is 5.79. The van der Waals surface area contributed by atoms with Crippen LogP contribution in [0.4, 0.5) is 0 Å². The van der Waals surface area contributed by atoms with E-state index in [1.54, 1.807) is 13.3 Å². The van der Waals surface area contributed by atoms with Crippen LogP contribution in [0.2, 0.25) is 0 Å². The van der Waals surface area contributed by atoms with Gasteiger partial charge in [-0.1, -0.05) is 0 Å². The lowest BCUT2D eigenvalue weighted by Crippen LogP contribution is -2.33. The highest BCUT2D eigenvalue weighted by Crippen LogP contribution is 2.24. The molecule has 1 atom stereocenters. The van der Waals surface area contributed by atoms with Gasteiger partial charge in [-0.15, -0.1) is 0 Å². The molecule has 0 bridgehead atoms. The number of hydrogen-bond acceptors (Lipinski definition) is 4. The van der Waals surface area contributed by atoms with Crippen LogP contribution in [0.5, 0.6) is 5.88 Å². The maximum atomic E-state index is 12.4. The number of rotatable bonds is 4. The summed E-state index contributed by atoms with van der Waals surface area (Å²) in [5, 5.41) is 3.00. The fourth-order valence-corrected chi connectivity index (χ4v) is 2.85. The molecule has 0 aromatic carbocycles. The number of H-pyrrole nitrogens is 1. The van der Waals surface area contributed by atoms with Gasteiger partial charge >= 0.3 is 0 Å². The number of aryl methyl sites for hydroxylation is 2. The van der Waals surface area contributed by atoms with Crippen LogP contribution in [0.15, 0.2) is 18.3 Å². The van der Waals surface area contributed by atoms with Gasteiger partial charge in [-0.05, 0) is 31.4 Å². The number of carbonyl (C=O) groups excluding carboxylic acids is 1. The van der Waals surface area contributed by atoms with Crippen LogP contribution in [-0.2, 0) is 24.2 Å². The molecule has 0 saturated carbocycles. The Labute approximate surface area is 129 Å². The number of methoxy groups -OCH3 is 1. The van der Waals surface area contributed by atoms with Gasteiger partial charge < -0.3 is 15.0 Å². The van der Waals surface area contributed by atoms with Crippen molar-refractivity contribution < 1.29 is 9.53 Å². The lowest BCUT2D eigenvalue weighted by molar-refractivity contribution is -0.125. The van der Waals surface area contributed by atoms with Crippen molar-refractivity contribution in [1.82, 2.24) is 20.3 Å². The number of hydrogen-bond donors (Lipinski definition) is 2. The van der Waals surface area contributed by atoms with Crippen LogP contribution in [0.1, 0.15) is 29.2 Å². The molecule has 0 aliphatic heterocycles. The van der Waals surface area contributed by atoms with Crippen LogP contribution in [0.25, 0.3) is 0 Å². The average molecular weight is 300 g/mol. The number of fused-ring (bicyclic) bond motifs is 1. The molecule has 22 heavy (non-hydrogen) atoms. The van der Waals surface area contributed by atoms with Gasteiger partial charge in [0.25, 0.3) is 0 Å². The maximum Gasteiger partial charge on any atom is 0.223 e. The lowest BCUT2D eigenvalue weighted by atomic mass is 9.89. The third-order valence-electron chi connectivity index (χ3n) is 4.01. The van der Waals surface area contributed by atoms with Gasteiger partial charge in [0.05, 0.1) is 12.8 Å². The molecule has 0 fully saturated rings. The molecule has 2 heterocycles. The van der Waals surface area contributed by atoms with E-state index in [9.17, 15) is 4.79 Å². The molecule has 2 N–H and O–H groups in total. The Morgan fingerprint density at radius 3 is 3.23 bits per heavy atom. The van der Waals surface area contributed by atoms with E-state index < -0.39 is 0 Å². The number of imidazole rings is 1. The Balaban J connectivity index is 1.58. The molecule has 1 aliphatic rings. The molecule has 116 valence electrons. The number of nitrogens with one attached hydrogen (secondary N) is 2. The van der Waals surface area contributed by atoms with Crippen molar-refractivity contribution in [1.29, 1.82) is 0 Å². The minimum absolute atomic E-state index is 0.0103. The van der Waals surface area contributed by atoms with Gasteiger partial charge in [-0.2, -0.15) is 0 Å². The molecule has 0 spiro atoms. The molecule has 1 amide bonds. The predicted molar refractivity (Wildman–Crippen MR) is 81.5 cm³/mol. The van der Waals surface area contributed by atoms with E-state index in [1.165, 1.54) is 0 Å². The van der Waals surface area contributed by atoms with E-state index in [4.69, 9.17) is 4.74 Å². The predicted octanol–water partition coefficient (Wildman–Crippen LogP) is 1.54. The molecule has 2 aromatic heterocycles. The summed E-state index contributed by atoms with van der Waals surface area (Å²) in [6.07, 6.45) is 4.13. The Bertz CT molecular complexity index is 681. The number of aromatic amines is 1. The minimum Gasteiger partial charge on any atom is -0.481 e. The van der Waals surface area contributed by atoms with Gasteiger partial charge in [-0.3, -0.25) is 4.79 Å². The number of carbonyl (C=O) groups is 1. The van der Waals surface area contributed by atoms with Crippen LogP contribution < -0.4 is 10.1 Å². The third-order valence-corrected chi connectivity index (χ3v) is 4.01. The molecule has 6 nitrogen and oxygen atoms in total. The summed E-state index contributed by atoms with van der Waals surface area (Å²) in [5.74, 6) is 1.58. The zero-order chi connectivity index (χ0) is 15.5. The second-order valence-corrected chi connectivity index (χ2v) is 5.61. The molecule has 2 aromatic rings. The SMILES string of the molecule is COc1cc(CNC(=O)[C@H]2CCc3nc(C)[nH]c3C2)ccn1. The van der Waals surface area contributed by atoms with E-state index in [0.29, 0.717) is 12.4 Å². The summed E-state index contributed by atoms with van der Waals surface area (Å²) in [7, 11) is 1.58. The molecule has 6 heteroatoms. The first-order valence-electron chi connectivity index (χ1n) is 7.46. The van der Waals surface area contributed by atoms with Gasteiger partial charge in [0.2, 0.25) is 11.8 Å². The lowest BCUT2D eigenvalue weighted by Gasteiger charge is -2.20. The average Bonchev–Trinajstić information content (AvgIpc) is 2.91. The first-order chi connectivity index (χ1) is 10.7. The minimum atomic E-state index is 0.0103. The van der Waals surface area contributed by atoms with Gasteiger partial charge in [0.15, 0.2) is 0 Å². The van der Waals surface area contributed by atoms with Gasteiger partial charge in [0, 0.05) is 36.8 Å². The standard InChI is InChI=1S/C16H20N4O2/c1-10-19-13-4-3-12(8-14(13)20-10)16(21)18-9-11-5-6-17-15(7-11)22-2/h5-7,12H,3-4,8-9H2,1-2H3,(H,18,21)(H,19,20)/t12-/m0/s1. The Morgan fingerprint density at radius 2 is 2.41 bits per heavy atom. The third kappa shape index (κ3) is 3.10. The monoisotopic (exact) mass is 300 g/mol. The van der Waals surface area contributed by atoms with Crippen molar-refractivity contribution in [3.05, 3.63) is 41.1 Å². The van der Waals surface area contributed by atoms with E-state index in [0.717, 1.165) is 42.0 Å². The fourth-order valence-electron chi connectivity index (χ4n) is 2.85. The number of aromatic nitrogens is 3. The Morgan fingerprint density at radius 1 is 1.55 bits per heavy atom. The van der Waals surface area contributed by atoms with Gasteiger partial charge in [-0.25, -0.2) is 9.97 Å². The van der Waals surface area contributed by atoms with E-state index in [2.05, 4.69) is 20.3 Å². The van der Waals surface area contributed by atoms with E-state index in [-0.39, 0.29) is 11.8 Å². The van der Waals surface area contributed by atoms with Crippen molar-refractivity contribution in [2.75, 3.05) is 7.11 Å². The van der Waals surface area contributed by atoms with Gasteiger partial charge in [0.1, 0.15) is 5.82 Å². The molecular weight excluding hydrogens is 280 g/mol. The summed E-state index contributed by atoms with van der Waals surface area (Å²) in [4.78, 5) is 24.1. The topological polar surface area (TPSA) is 79.9 Å². The summed E-state index contributed by atoms with van der Waals surface area (Å²) in [6.45, 7) is 2.44. The normalized spacial score (nSPS) is 16.9. The number of pyridine rings is 1. The van der Waals surface area contributed by atoms with Crippen molar-refractivity contribution in [2.24, 2.45) is 5.92 Å². The second-order valence-electron chi connectivity index (χ2n) is 5.61. The Hall–Kier alpha value is -2.37. The van der Waals surface area contributed by atoms with E-state index >= 15 is 0 Å². The second kappa shape index (κ2) is 6.17. The number of ether oxygens (including phenoxy) is 1. The first kappa shape index (κ1) is 14.6. The zero-order valence-corrected chi connectivity index (χ0v) is 12.8. The smallest absolute Gasteiger partial charge is 0.223 e. The fraction of sp³-hybridized carbons (Fsp3) is 0.438. The highest BCUT2D eigenvalue weighted by atomic mass is 16.5. The van der Waals surface area contributed by atoms with E-state index in [1.807, 2.05) is 19.1 Å². The molecule has 3 rings (SSSR count). The van der Waals surface area contributed by atoms with Crippen molar-refractivity contribution >= 4 is 5.91 Å². The highest BCUT2D eigenvalue weighted by Gasteiger charge is 2.26.